The van der Waals surface area contributed by atoms with Crippen molar-refractivity contribution in [2.75, 3.05) is 30.3 Å². The van der Waals surface area contributed by atoms with Gasteiger partial charge in [-0.2, -0.15) is 4.36 Å². The lowest BCUT2D eigenvalue weighted by Gasteiger charge is -2.41. The van der Waals surface area contributed by atoms with Crippen LogP contribution in [-0.2, 0) is 22.4 Å². The van der Waals surface area contributed by atoms with E-state index < -0.39 is 16.5 Å². The van der Waals surface area contributed by atoms with Gasteiger partial charge >= 0.3 is 0 Å². The maximum absolute atomic E-state index is 13.0. The average molecular weight is 541 g/mol. The second-order valence-electron chi connectivity index (χ2n) is 11.1. The third-order valence-electron chi connectivity index (χ3n) is 8.36. The summed E-state index contributed by atoms with van der Waals surface area (Å²) in [5.41, 5.74) is 3.88. The molecule has 3 aliphatic rings. The van der Waals surface area contributed by atoms with Crippen molar-refractivity contribution in [1.29, 1.82) is 0 Å². The molecule has 0 N–H and O–H groups in total. The number of nitrogens with zero attached hydrogens (tertiary/aromatic N) is 2. The van der Waals surface area contributed by atoms with E-state index in [0.717, 1.165) is 68.1 Å². The summed E-state index contributed by atoms with van der Waals surface area (Å²) >= 11 is 6.37. The summed E-state index contributed by atoms with van der Waals surface area (Å²) in [6, 6.07) is 11.8. The van der Waals surface area contributed by atoms with Gasteiger partial charge in [0.05, 0.1) is 12.3 Å². The van der Waals surface area contributed by atoms with E-state index in [1.54, 1.807) is 6.07 Å². The number of hydrogen-bond acceptors (Lipinski definition) is 4. The highest BCUT2D eigenvalue weighted by Crippen LogP contribution is 2.45. The van der Waals surface area contributed by atoms with Crippen LogP contribution in [0.2, 0.25) is 5.02 Å². The molecule has 1 amide bonds. The lowest BCUT2D eigenvalue weighted by Crippen LogP contribution is -2.47. The Hall–Kier alpha value is -2.31. The number of carbonyl (C=O) groups excluding carboxylic acids is 1. The molecule has 2 aromatic rings. The highest BCUT2D eigenvalue weighted by molar-refractivity contribution is 7.75. The number of fused-ring (bicyclic) bond motifs is 3. The van der Waals surface area contributed by atoms with Crippen LogP contribution >= 0.6 is 11.6 Å². The molecule has 0 fully saturated rings. The molecular weight excluding hydrogens is 504 g/mol. The smallest absolute Gasteiger partial charge is 0.284 e. The lowest BCUT2D eigenvalue weighted by molar-refractivity contribution is 0.100. The molecule has 2 heterocycles. The third kappa shape index (κ3) is 5.75. The Morgan fingerprint density at radius 3 is 2.84 bits per heavy atom. The number of benzene rings is 2. The Bertz CT molecular complexity index is 1290. The van der Waals surface area contributed by atoms with Crippen LogP contribution in [0.1, 0.15) is 67.4 Å². The molecule has 2 aromatic carbocycles. The van der Waals surface area contributed by atoms with Crippen molar-refractivity contribution in [3.8, 4) is 5.75 Å². The molecule has 1 unspecified atom stereocenters. The van der Waals surface area contributed by atoms with Crippen molar-refractivity contribution < 1.29 is 13.7 Å². The van der Waals surface area contributed by atoms with Crippen molar-refractivity contribution in [3.63, 3.8) is 0 Å². The Balaban J connectivity index is 1.58. The number of halogens is 1. The van der Waals surface area contributed by atoms with Crippen LogP contribution in [-0.4, -0.2) is 35.6 Å². The van der Waals surface area contributed by atoms with Crippen LogP contribution in [0.5, 0.6) is 5.75 Å². The topological polar surface area (TPSA) is 59.0 Å². The molecule has 0 aromatic heterocycles. The molecule has 1 aliphatic carbocycles. The number of carbonyl (C=O) groups is 1. The van der Waals surface area contributed by atoms with Crippen molar-refractivity contribution >= 4 is 33.8 Å². The van der Waals surface area contributed by atoms with E-state index >= 15 is 0 Å². The average Bonchev–Trinajstić information content (AvgIpc) is 3.02. The number of aryl methyl sites for hydroxylation is 1. The Morgan fingerprint density at radius 1 is 1.11 bits per heavy atom. The summed E-state index contributed by atoms with van der Waals surface area (Å²) in [5, 5.41) is 0.777. The number of rotatable bonds is 0. The minimum Gasteiger partial charge on any atom is -0.490 e. The number of ether oxygens (including phenoxy) is 1. The summed E-state index contributed by atoms with van der Waals surface area (Å²) in [5.74, 6) is 1.75. The van der Waals surface area contributed by atoms with Gasteiger partial charge in [0.1, 0.15) is 5.75 Å². The predicted octanol–water partition coefficient (Wildman–Crippen LogP) is 6.63. The largest absolute Gasteiger partial charge is 0.490 e. The maximum Gasteiger partial charge on any atom is 0.284 e. The fourth-order valence-corrected chi connectivity index (χ4v) is 7.05. The van der Waals surface area contributed by atoms with Gasteiger partial charge in [0.2, 0.25) is 0 Å². The first-order valence-electron chi connectivity index (χ1n) is 13.5. The Kier molecular flexibility index (Phi) is 7.96. The van der Waals surface area contributed by atoms with Crippen molar-refractivity contribution in [1.82, 2.24) is 0 Å². The Morgan fingerprint density at radius 2 is 1.97 bits per heavy atom. The fraction of sp³-hybridized carbons (Fsp3) is 0.500. The minimum absolute atomic E-state index is 0.154. The molecular formula is C30H37ClN2O3S. The van der Waals surface area contributed by atoms with Gasteiger partial charge in [-0.15, -0.1) is 0 Å². The number of allylic oxidation sites excluding steroid dienone is 2. The first-order chi connectivity index (χ1) is 17.8. The maximum atomic E-state index is 13.0. The van der Waals surface area contributed by atoms with E-state index in [2.05, 4.69) is 47.4 Å². The number of amides is 1. The summed E-state index contributed by atoms with van der Waals surface area (Å²) in [6.45, 7) is 6.89. The molecule has 37 heavy (non-hydrogen) atoms. The van der Waals surface area contributed by atoms with Gasteiger partial charge in [-0.3, -0.25) is 9.00 Å². The van der Waals surface area contributed by atoms with Crippen molar-refractivity contribution in [3.05, 3.63) is 70.3 Å². The number of thiol groups is 1. The molecule has 0 saturated heterocycles. The Labute approximate surface area is 227 Å². The molecule has 0 radical (unpaired) electrons. The van der Waals surface area contributed by atoms with Gasteiger partial charge in [-0.1, -0.05) is 43.7 Å². The minimum atomic E-state index is -1.91. The number of anilines is 1. The van der Waals surface area contributed by atoms with Crippen LogP contribution in [0, 0.1) is 11.8 Å². The highest BCUT2D eigenvalue weighted by Gasteiger charge is 2.42. The zero-order valence-electron chi connectivity index (χ0n) is 21.8. The van der Waals surface area contributed by atoms with Crippen molar-refractivity contribution in [2.24, 2.45) is 16.2 Å². The molecule has 2 aliphatic heterocycles. The molecule has 0 saturated carbocycles. The fourth-order valence-electron chi connectivity index (χ4n) is 5.99. The quantitative estimate of drug-likeness (QED) is 0.301. The second kappa shape index (κ2) is 11.2. The molecule has 5 nitrogen and oxygen atoms in total. The van der Waals surface area contributed by atoms with E-state index in [0.29, 0.717) is 29.8 Å². The van der Waals surface area contributed by atoms with E-state index in [1.165, 1.54) is 11.1 Å². The van der Waals surface area contributed by atoms with Crippen LogP contribution < -0.4 is 9.64 Å². The van der Waals surface area contributed by atoms with Crippen LogP contribution in [0.3, 0.4) is 0 Å². The van der Waals surface area contributed by atoms with Crippen LogP contribution in [0.4, 0.5) is 5.69 Å². The van der Waals surface area contributed by atoms with Crippen molar-refractivity contribution in [2.45, 2.75) is 57.8 Å². The van der Waals surface area contributed by atoms with Gasteiger partial charge in [0.15, 0.2) is 0 Å². The molecule has 7 heteroatoms. The van der Waals surface area contributed by atoms with Gasteiger partial charge in [0.25, 0.3) is 5.91 Å². The predicted molar refractivity (Wildman–Crippen MR) is 153 cm³/mol. The summed E-state index contributed by atoms with van der Waals surface area (Å²) in [6.07, 6.45) is 10.2. The van der Waals surface area contributed by atoms with Gasteiger partial charge < -0.3 is 9.64 Å². The van der Waals surface area contributed by atoms with Gasteiger partial charge in [0, 0.05) is 45.4 Å². The van der Waals surface area contributed by atoms with Crippen LogP contribution in [0.25, 0.3) is 0 Å². The molecule has 198 valence electrons. The van der Waals surface area contributed by atoms with Gasteiger partial charge in [-0.05, 0) is 91.8 Å². The SMILES string of the molecule is C[C@H]1C/C=C/CCC/[SH](=O)=N\C(=O)c2ccc3c(c2)N(C[C@@H]1C)C[C@@]1(CCCc2cc(Cl)ccc21)CO3. The van der Waals surface area contributed by atoms with Crippen LogP contribution in [0.15, 0.2) is 52.9 Å². The van der Waals surface area contributed by atoms with E-state index in [4.69, 9.17) is 16.3 Å². The third-order valence-corrected chi connectivity index (χ3v) is 9.70. The summed E-state index contributed by atoms with van der Waals surface area (Å²) in [7, 11) is -1.91. The number of hydrogen-bond donors (Lipinski definition) is 1. The first-order valence-corrected chi connectivity index (χ1v) is 15.3. The molecule has 1 spiro atoms. The highest BCUT2D eigenvalue weighted by atomic mass is 35.5. The van der Waals surface area contributed by atoms with E-state index in [1.807, 2.05) is 18.2 Å². The monoisotopic (exact) mass is 540 g/mol. The molecule has 5 rings (SSSR count). The first kappa shape index (κ1) is 26.3. The zero-order chi connectivity index (χ0) is 26.0. The summed E-state index contributed by atoms with van der Waals surface area (Å²) < 4.78 is 23.0. The van der Waals surface area contributed by atoms with E-state index in [9.17, 15) is 9.00 Å². The van der Waals surface area contributed by atoms with E-state index in [-0.39, 0.29) is 5.41 Å². The normalized spacial score (nSPS) is 30.0. The molecule has 2 bridgehead atoms. The van der Waals surface area contributed by atoms with Gasteiger partial charge in [-0.25, -0.2) is 0 Å². The molecule has 4 atom stereocenters. The standard InChI is InChI=1S/C30H37ClN2O3S/c1-21-8-5-3-4-6-15-37(35)32-29(34)24-10-13-28-27(17-24)33(18-22(21)2)19-30(20-36-28)14-7-9-23-16-25(31)11-12-26(23)30/h3,5,10-13,16-17,21-22,37H,4,6-9,14-15,18-20H2,1-2H3/b5-3+/t21-,22-,30-/m0/s1. The summed E-state index contributed by atoms with van der Waals surface area (Å²) in [4.78, 5) is 15.4. The second-order valence-corrected chi connectivity index (χ2v) is 12.9. The lowest BCUT2D eigenvalue weighted by atomic mass is 9.70. The zero-order valence-corrected chi connectivity index (χ0v) is 23.4.